The fourth-order valence-corrected chi connectivity index (χ4v) is 6.84. The first-order chi connectivity index (χ1) is 22.2. The molecular weight excluding hydrogens is 613 g/mol. The predicted molar refractivity (Wildman–Crippen MR) is 173 cm³/mol. The third-order valence-corrected chi connectivity index (χ3v) is 9.63. The van der Waals surface area contributed by atoms with E-state index in [1.807, 2.05) is 0 Å². The van der Waals surface area contributed by atoms with Crippen molar-refractivity contribution in [3.8, 4) is 5.75 Å². The molecule has 5 atom stereocenters. The number of esters is 1. The van der Waals surface area contributed by atoms with Gasteiger partial charge < -0.3 is 29.9 Å². The van der Waals surface area contributed by atoms with Crippen LogP contribution in [-0.2, 0) is 23.4 Å². The van der Waals surface area contributed by atoms with E-state index in [-0.39, 0.29) is 30.7 Å². The molecule has 0 bridgehead atoms. The van der Waals surface area contributed by atoms with Gasteiger partial charge in [-0.25, -0.2) is 19.2 Å². The number of rotatable bonds is 20. The number of nitrogen functional groups attached to an aromatic ring is 1. The van der Waals surface area contributed by atoms with Gasteiger partial charge in [0.15, 0.2) is 5.82 Å². The van der Waals surface area contributed by atoms with Gasteiger partial charge in [0.2, 0.25) is 0 Å². The van der Waals surface area contributed by atoms with Crippen LogP contribution < -0.4 is 15.3 Å². The van der Waals surface area contributed by atoms with Crippen molar-refractivity contribution in [2.45, 2.75) is 102 Å². The summed E-state index contributed by atoms with van der Waals surface area (Å²) in [5.74, 6) is 0.220. The van der Waals surface area contributed by atoms with Crippen LogP contribution in [-0.4, -0.2) is 68.3 Å². The highest BCUT2D eigenvalue weighted by Gasteiger charge is 2.53. The number of aliphatic hydroxyl groups excluding tert-OH is 2. The lowest BCUT2D eigenvalue weighted by molar-refractivity contribution is -0.143. The minimum atomic E-state index is -4.07. The summed E-state index contributed by atoms with van der Waals surface area (Å²) in [6.07, 6.45) is 8.26. The van der Waals surface area contributed by atoms with Crippen LogP contribution in [0.5, 0.6) is 5.75 Å². The maximum absolute atomic E-state index is 13.9. The Morgan fingerprint density at radius 3 is 2.48 bits per heavy atom. The smallest absolute Gasteiger partial charge is 0.458 e. The molecule has 0 radical (unpaired) electrons. The Bertz CT molecular complexity index is 1430. The molecule has 5 N–H and O–H groups in total. The third-order valence-electron chi connectivity index (χ3n) is 8.10. The highest BCUT2D eigenvalue weighted by atomic mass is 31.2. The molecule has 3 aromatic rings. The van der Waals surface area contributed by atoms with Crippen LogP contribution in [0.1, 0.15) is 89.9 Å². The van der Waals surface area contributed by atoms with Gasteiger partial charge in [0.05, 0.1) is 12.3 Å². The summed E-state index contributed by atoms with van der Waals surface area (Å²) in [6, 6.07) is 11.8. The quantitative estimate of drug-likeness (QED) is 0.0714. The summed E-state index contributed by atoms with van der Waals surface area (Å²) in [7, 11) is -4.07. The lowest BCUT2D eigenvalue weighted by atomic mass is 9.97. The lowest BCUT2D eigenvalue weighted by Crippen LogP contribution is -2.44. The number of aliphatic hydroxyl groups is 2. The summed E-state index contributed by atoms with van der Waals surface area (Å²) in [5, 5.41) is 28.9. The van der Waals surface area contributed by atoms with E-state index in [0.29, 0.717) is 17.6 Å². The van der Waals surface area contributed by atoms with Gasteiger partial charge in [-0.15, -0.1) is 0 Å². The monoisotopic (exact) mass is 661 g/mol. The first-order valence-electron chi connectivity index (χ1n) is 16.2. The summed E-state index contributed by atoms with van der Waals surface area (Å²) in [5.41, 5.74) is 5.43. The molecule has 1 saturated heterocycles. The van der Waals surface area contributed by atoms with Gasteiger partial charge in [0.1, 0.15) is 48.1 Å². The molecule has 0 spiro atoms. The Labute approximate surface area is 270 Å². The summed E-state index contributed by atoms with van der Waals surface area (Å²) in [4.78, 5) is 16.2. The number of unbranched alkanes of at least 4 members (excludes halogenated alkanes) is 8. The van der Waals surface area contributed by atoms with Gasteiger partial charge in [0.25, 0.3) is 0 Å². The summed E-state index contributed by atoms with van der Waals surface area (Å²) < 4.78 is 38.3. The van der Waals surface area contributed by atoms with Gasteiger partial charge in [0, 0.05) is 13.0 Å². The molecule has 0 aliphatic carbocycles. The second kappa shape index (κ2) is 17.2. The largest absolute Gasteiger partial charge is 0.464 e. The van der Waals surface area contributed by atoms with Crippen molar-refractivity contribution in [3.63, 3.8) is 0 Å². The molecule has 1 aromatic carbocycles. The van der Waals surface area contributed by atoms with Crippen LogP contribution in [0, 0.1) is 0 Å². The molecule has 2 aromatic heterocycles. The summed E-state index contributed by atoms with van der Waals surface area (Å²) >= 11 is 0. The van der Waals surface area contributed by atoms with Crippen LogP contribution >= 0.6 is 7.75 Å². The summed E-state index contributed by atoms with van der Waals surface area (Å²) in [6.45, 7) is 3.31. The van der Waals surface area contributed by atoms with Gasteiger partial charge >= 0.3 is 13.7 Å². The zero-order valence-corrected chi connectivity index (χ0v) is 27.6. The molecule has 13 nitrogen and oxygen atoms in total. The van der Waals surface area contributed by atoms with Crippen molar-refractivity contribution in [2.75, 3.05) is 25.5 Å². The van der Waals surface area contributed by atoms with Gasteiger partial charge in [-0.1, -0.05) is 76.5 Å². The number of carbonyl (C=O) groups excluding carboxylic acids is 1. The lowest BCUT2D eigenvalue weighted by Gasteiger charge is -2.29. The van der Waals surface area contributed by atoms with Crippen molar-refractivity contribution in [1.82, 2.24) is 19.7 Å². The number of anilines is 1. The van der Waals surface area contributed by atoms with E-state index < -0.39 is 38.3 Å². The first kappa shape index (κ1) is 35.8. The molecule has 1 aliphatic rings. The minimum absolute atomic E-state index is 0.00371. The number of nitrogens with one attached hydrogen (secondary N) is 1. The van der Waals surface area contributed by atoms with Crippen LogP contribution in [0.25, 0.3) is 5.52 Å². The number of nitrogens with zero attached hydrogens (tertiary/aromatic N) is 3. The van der Waals surface area contributed by atoms with Crippen LogP contribution in [0.2, 0.25) is 0 Å². The molecule has 254 valence electrons. The number of benzene rings is 1. The number of para-hydroxylation sites is 1. The fourth-order valence-electron chi connectivity index (χ4n) is 5.44. The Morgan fingerprint density at radius 1 is 1.07 bits per heavy atom. The highest BCUT2D eigenvalue weighted by Crippen LogP contribution is 2.48. The van der Waals surface area contributed by atoms with E-state index in [4.69, 9.17) is 24.3 Å². The second-order valence-electron chi connectivity index (χ2n) is 11.9. The van der Waals surface area contributed by atoms with Crippen molar-refractivity contribution in [2.24, 2.45) is 0 Å². The number of hydrogen-bond acceptors (Lipinski definition) is 11. The Hall–Kier alpha value is -3.06. The molecule has 1 aliphatic heterocycles. The number of aromatic nitrogens is 3. The van der Waals surface area contributed by atoms with Crippen LogP contribution in [0.4, 0.5) is 5.82 Å². The number of nitrogens with two attached hydrogens (primary N) is 1. The molecule has 46 heavy (non-hydrogen) atoms. The molecule has 3 heterocycles. The molecular formula is C32H48N5O8P. The SMILES string of the molecule is CCCCCCCCCCCC(=O)OCCNP(=O)(OC[C@@]1(C)O[C@@H](c2ccc3c(N)ncnn23)[C@H](O)[C@@H]1O)Oc1ccccc1. The first-order valence-corrected chi connectivity index (χ1v) is 17.7. The number of carbonyl (C=O) groups is 1. The maximum Gasteiger partial charge on any atom is 0.458 e. The Balaban J connectivity index is 1.28. The van der Waals surface area contributed by atoms with Gasteiger partial charge in [-0.2, -0.15) is 5.10 Å². The zero-order valence-electron chi connectivity index (χ0n) is 26.8. The maximum atomic E-state index is 13.9. The second-order valence-corrected chi connectivity index (χ2v) is 13.6. The van der Waals surface area contributed by atoms with Crippen LogP contribution in [0.3, 0.4) is 0 Å². The van der Waals surface area contributed by atoms with E-state index in [2.05, 4.69) is 22.1 Å². The minimum Gasteiger partial charge on any atom is -0.464 e. The van der Waals surface area contributed by atoms with E-state index >= 15 is 0 Å². The number of ether oxygens (including phenoxy) is 2. The van der Waals surface area contributed by atoms with E-state index in [1.54, 1.807) is 49.4 Å². The highest BCUT2D eigenvalue weighted by molar-refractivity contribution is 7.52. The number of fused-ring (bicyclic) bond motifs is 1. The molecule has 1 fully saturated rings. The predicted octanol–water partition coefficient (Wildman–Crippen LogP) is 5.12. The van der Waals surface area contributed by atoms with Gasteiger partial charge in [-0.3, -0.25) is 9.32 Å². The Morgan fingerprint density at radius 2 is 1.76 bits per heavy atom. The van der Waals surface area contributed by atoms with Gasteiger partial charge in [-0.05, 0) is 37.6 Å². The standard InChI is InChI=1S/C32H48N5O8P/c1-3-4-5-6-7-8-9-10-14-17-27(38)42-21-20-36-46(41,45-24-15-12-11-13-16-24)43-22-32(2)30(40)28(39)29(44-32)25-18-19-26-31(33)34-23-35-37(25)26/h11-13,15-16,18-19,23,28-30,39-40H,3-10,14,17,20-22H2,1-2H3,(H,36,41)(H2,33,34,35)/t28-,29-,30-,32+,46?/m0/s1. The molecule has 14 heteroatoms. The van der Waals surface area contributed by atoms with E-state index in [0.717, 1.165) is 19.3 Å². The normalized spacial score (nSPS) is 22.6. The van der Waals surface area contributed by atoms with Crippen LogP contribution in [0.15, 0.2) is 48.8 Å². The van der Waals surface area contributed by atoms with E-state index in [1.165, 1.54) is 49.4 Å². The Kier molecular flexibility index (Phi) is 13.4. The molecule has 0 saturated carbocycles. The third kappa shape index (κ3) is 9.73. The zero-order chi connectivity index (χ0) is 33.0. The van der Waals surface area contributed by atoms with Crippen molar-refractivity contribution in [1.29, 1.82) is 0 Å². The van der Waals surface area contributed by atoms with E-state index in [9.17, 15) is 19.6 Å². The van der Waals surface area contributed by atoms with Crippen molar-refractivity contribution in [3.05, 3.63) is 54.5 Å². The molecule has 0 amide bonds. The fraction of sp³-hybridized carbons (Fsp3) is 0.594. The average molecular weight is 662 g/mol. The number of hydrogen-bond donors (Lipinski definition) is 4. The molecule has 1 unspecified atom stereocenters. The van der Waals surface area contributed by atoms with Crippen molar-refractivity contribution < 1.29 is 38.1 Å². The topological polar surface area (TPSA) is 180 Å². The average Bonchev–Trinajstić information content (AvgIpc) is 3.58. The van der Waals surface area contributed by atoms with Crippen molar-refractivity contribution >= 4 is 25.1 Å². The molecule has 4 rings (SSSR count).